The molecule has 25 heavy (non-hydrogen) atoms. The highest BCUT2D eigenvalue weighted by atomic mass is 32.2. The van der Waals surface area contributed by atoms with Gasteiger partial charge in [0.05, 0.1) is 12.9 Å². The van der Waals surface area contributed by atoms with Crippen molar-refractivity contribution in [2.24, 2.45) is 17.2 Å². The third-order valence-corrected chi connectivity index (χ3v) is 2.79. The van der Waals surface area contributed by atoms with Crippen LogP contribution in [0.4, 0.5) is 0 Å². The summed E-state index contributed by atoms with van der Waals surface area (Å²) in [6.45, 7) is 2.07. The molecule has 1 heterocycles. The Morgan fingerprint density at radius 3 is 1.84 bits per heavy atom. The number of pyridine rings is 1. The van der Waals surface area contributed by atoms with Gasteiger partial charge < -0.3 is 27.0 Å². The van der Waals surface area contributed by atoms with Gasteiger partial charge in [-0.05, 0) is 19.1 Å². The predicted octanol–water partition coefficient (Wildman–Crippen LogP) is -0.784. The molecule has 1 aromatic rings. The van der Waals surface area contributed by atoms with Gasteiger partial charge in [0.25, 0.3) is 10.1 Å². The van der Waals surface area contributed by atoms with Gasteiger partial charge >= 0.3 is 5.97 Å². The van der Waals surface area contributed by atoms with Crippen molar-refractivity contribution in [2.75, 3.05) is 31.7 Å². The van der Waals surface area contributed by atoms with Crippen molar-refractivity contribution in [3.05, 3.63) is 24.5 Å². The quantitative estimate of drug-likeness (QED) is 0.270. The molecule has 0 bridgehead atoms. The summed E-state index contributed by atoms with van der Waals surface area (Å²) in [6.07, 6.45) is 3.39. The normalized spacial score (nSPS) is 10.5. The van der Waals surface area contributed by atoms with E-state index >= 15 is 0 Å². The number of ether oxygens (including phenoxy) is 1. The van der Waals surface area contributed by atoms with E-state index in [1.807, 2.05) is 0 Å². The van der Waals surface area contributed by atoms with Gasteiger partial charge in [0, 0.05) is 31.2 Å². The molecule has 0 saturated heterocycles. The number of hydrogen-bond acceptors (Lipinski definition) is 9. The highest BCUT2D eigenvalue weighted by Crippen LogP contribution is 2.03. The van der Waals surface area contributed by atoms with Crippen LogP contribution >= 0.6 is 12.6 Å². The predicted molar refractivity (Wildman–Crippen MR) is 100 cm³/mol. The minimum absolute atomic E-state index is 0.0289. The number of carboxylic acids is 1. The summed E-state index contributed by atoms with van der Waals surface area (Å²) in [7, 11) is -2.16. The lowest BCUT2D eigenvalue weighted by atomic mass is 10.4. The van der Waals surface area contributed by atoms with Crippen molar-refractivity contribution < 1.29 is 27.6 Å². The second kappa shape index (κ2) is 18.9. The summed E-state index contributed by atoms with van der Waals surface area (Å²) in [6, 6.07) is 2.88. The van der Waals surface area contributed by atoms with Crippen LogP contribution in [0.2, 0.25) is 0 Å². The molecule has 1 atom stereocenters. The fourth-order valence-corrected chi connectivity index (χ4v) is 0.921. The second-order valence-electron chi connectivity index (χ2n) is 4.10. The van der Waals surface area contributed by atoms with Crippen LogP contribution in [-0.2, 0) is 14.9 Å². The SMILES string of the molecule is CC(N)C(=O)O.COc1ccncc1.NCCS.NCCS(=O)(=O)O. The van der Waals surface area contributed by atoms with E-state index in [4.69, 9.17) is 31.6 Å². The van der Waals surface area contributed by atoms with Crippen molar-refractivity contribution in [1.29, 1.82) is 0 Å². The van der Waals surface area contributed by atoms with Gasteiger partial charge in [0.1, 0.15) is 11.8 Å². The molecule has 12 heteroatoms. The van der Waals surface area contributed by atoms with Crippen LogP contribution in [-0.4, -0.2) is 66.8 Å². The third kappa shape index (κ3) is 30.9. The van der Waals surface area contributed by atoms with Crippen molar-refractivity contribution in [2.45, 2.75) is 13.0 Å². The standard InChI is InChI=1S/C6H7NO.C3H7NO2.C2H7NO3S.C2H7NS/c1-8-6-2-4-7-5-3-6;1-2(4)3(5)6;3-1-2-7(4,5)6;3-1-2-4/h2-5H,1H3;2H,4H2,1H3,(H,5,6);1-3H2,(H,4,5,6);4H,1-3H2. The highest BCUT2D eigenvalue weighted by molar-refractivity contribution is 7.85. The van der Waals surface area contributed by atoms with Gasteiger partial charge in [0.2, 0.25) is 0 Å². The maximum absolute atomic E-state index is 9.71. The fourth-order valence-electron chi connectivity index (χ4n) is 0.623. The smallest absolute Gasteiger partial charge is 0.320 e. The Balaban J connectivity index is -0.000000266. The first-order valence-electron chi connectivity index (χ1n) is 6.94. The van der Waals surface area contributed by atoms with E-state index in [-0.39, 0.29) is 12.3 Å². The number of aromatic nitrogens is 1. The van der Waals surface area contributed by atoms with Crippen LogP contribution in [0.1, 0.15) is 6.92 Å². The van der Waals surface area contributed by atoms with Gasteiger partial charge in [-0.25, -0.2) is 0 Å². The number of carbonyl (C=O) groups is 1. The summed E-state index contributed by atoms with van der Waals surface area (Å²) in [5.74, 6) is 0.322. The molecule has 8 N–H and O–H groups in total. The maximum Gasteiger partial charge on any atom is 0.320 e. The Hall–Kier alpha value is -1.44. The number of rotatable bonds is 5. The first kappa shape index (κ1) is 28.4. The lowest BCUT2D eigenvalue weighted by Crippen LogP contribution is -2.25. The zero-order valence-electron chi connectivity index (χ0n) is 14.3. The molecule has 1 rings (SSSR count). The summed E-state index contributed by atoms with van der Waals surface area (Å²) >= 11 is 3.80. The molecule has 148 valence electrons. The van der Waals surface area contributed by atoms with E-state index in [9.17, 15) is 13.2 Å². The molecule has 0 fully saturated rings. The highest BCUT2D eigenvalue weighted by Gasteiger charge is 1.99. The Kier molecular flexibility index (Phi) is 21.4. The van der Waals surface area contributed by atoms with Crippen molar-refractivity contribution >= 4 is 28.7 Å². The second-order valence-corrected chi connectivity index (χ2v) is 6.12. The number of thiol groups is 1. The van der Waals surface area contributed by atoms with Crippen LogP contribution in [0.15, 0.2) is 24.5 Å². The van der Waals surface area contributed by atoms with E-state index in [0.717, 1.165) is 11.5 Å². The molecule has 0 aromatic carbocycles. The fraction of sp³-hybridized carbons (Fsp3) is 0.538. The first-order valence-corrected chi connectivity index (χ1v) is 9.18. The van der Waals surface area contributed by atoms with Crippen LogP contribution < -0.4 is 21.9 Å². The molecule has 10 nitrogen and oxygen atoms in total. The molecule has 0 aliphatic heterocycles. The molecular weight excluding hydrogens is 372 g/mol. The van der Waals surface area contributed by atoms with E-state index in [2.05, 4.69) is 17.6 Å². The molecule has 1 unspecified atom stereocenters. The van der Waals surface area contributed by atoms with E-state index in [1.165, 1.54) is 6.92 Å². The number of carboxylic acid groups (broad SMARTS) is 1. The van der Waals surface area contributed by atoms with Crippen LogP contribution in [0.25, 0.3) is 0 Å². The topological polar surface area (TPSA) is 192 Å². The summed E-state index contributed by atoms with van der Waals surface area (Å²) in [5.41, 5.74) is 14.6. The first-order chi connectivity index (χ1) is 11.5. The van der Waals surface area contributed by atoms with Gasteiger partial charge in [-0.15, -0.1) is 0 Å². The molecule has 0 aliphatic rings. The number of hydrogen-bond donors (Lipinski definition) is 6. The number of methoxy groups -OCH3 is 1. The average Bonchev–Trinajstić information content (AvgIpc) is 2.55. The number of aliphatic carboxylic acids is 1. The van der Waals surface area contributed by atoms with E-state index in [0.29, 0.717) is 6.54 Å². The van der Waals surface area contributed by atoms with Gasteiger partial charge in [-0.1, -0.05) is 0 Å². The number of nitrogens with zero attached hydrogens (tertiary/aromatic N) is 1. The minimum atomic E-state index is -3.80. The van der Waals surface area contributed by atoms with Gasteiger partial charge in [0.15, 0.2) is 0 Å². The third-order valence-electron chi connectivity index (χ3n) is 1.78. The van der Waals surface area contributed by atoms with Crippen molar-refractivity contribution in [3.63, 3.8) is 0 Å². The largest absolute Gasteiger partial charge is 0.497 e. The number of nitrogens with two attached hydrogens (primary N) is 3. The molecule has 0 aliphatic carbocycles. The maximum atomic E-state index is 9.71. The Bertz CT molecular complexity index is 513. The molecule has 0 spiro atoms. The van der Waals surface area contributed by atoms with Crippen molar-refractivity contribution in [1.82, 2.24) is 4.98 Å². The lowest BCUT2D eigenvalue weighted by Gasteiger charge is -1.93. The lowest BCUT2D eigenvalue weighted by molar-refractivity contribution is -0.138. The molecular formula is C13H28N4O6S2. The summed E-state index contributed by atoms with van der Waals surface area (Å²) < 4.78 is 32.2. The van der Waals surface area contributed by atoms with Crippen LogP contribution in [0, 0.1) is 0 Å². The summed E-state index contributed by atoms with van der Waals surface area (Å²) in [4.78, 5) is 13.4. The molecule has 1 aromatic heterocycles. The van der Waals surface area contributed by atoms with Gasteiger partial charge in [-0.2, -0.15) is 21.0 Å². The van der Waals surface area contributed by atoms with Gasteiger partial charge in [-0.3, -0.25) is 14.3 Å². The van der Waals surface area contributed by atoms with Crippen LogP contribution in [0.3, 0.4) is 0 Å². The Labute approximate surface area is 153 Å². The van der Waals surface area contributed by atoms with Crippen LogP contribution in [0.5, 0.6) is 5.75 Å². The zero-order valence-corrected chi connectivity index (χ0v) is 16.0. The minimum Gasteiger partial charge on any atom is -0.497 e. The molecule has 0 radical (unpaired) electrons. The molecule has 0 saturated carbocycles. The van der Waals surface area contributed by atoms with Crippen molar-refractivity contribution in [3.8, 4) is 5.75 Å². The Morgan fingerprint density at radius 1 is 1.32 bits per heavy atom. The average molecular weight is 401 g/mol. The monoisotopic (exact) mass is 400 g/mol. The summed E-state index contributed by atoms with van der Waals surface area (Å²) in [5, 5.41) is 7.87. The molecule has 0 amide bonds. The van der Waals surface area contributed by atoms with E-state index < -0.39 is 22.1 Å². The zero-order chi connectivity index (χ0) is 20.3. The Morgan fingerprint density at radius 2 is 1.72 bits per heavy atom. The van der Waals surface area contributed by atoms with E-state index in [1.54, 1.807) is 31.6 Å².